The molecule has 0 aliphatic carbocycles. The number of azo groups is 1. The Morgan fingerprint density at radius 3 is 2.10 bits per heavy atom. The first-order valence-electron chi connectivity index (χ1n) is 9.02. The Bertz CT molecular complexity index is 1030. The van der Waals surface area contributed by atoms with Crippen LogP contribution in [-0.4, -0.2) is 24.6 Å². The summed E-state index contributed by atoms with van der Waals surface area (Å²) in [6.45, 7) is 1.13. The maximum absolute atomic E-state index is 10.8. The molecule has 0 radical (unpaired) electrons. The maximum atomic E-state index is 10.8. The van der Waals surface area contributed by atoms with Crippen molar-refractivity contribution in [3.05, 3.63) is 89.0 Å². The van der Waals surface area contributed by atoms with Crippen molar-refractivity contribution in [3.8, 4) is 0 Å². The van der Waals surface area contributed by atoms with E-state index in [1.54, 1.807) is 18.5 Å². The second-order valence-electron chi connectivity index (χ2n) is 6.42. The van der Waals surface area contributed by atoms with E-state index in [0.717, 1.165) is 22.7 Å². The van der Waals surface area contributed by atoms with Crippen molar-refractivity contribution in [2.45, 2.75) is 0 Å². The highest BCUT2D eigenvalue weighted by molar-refractivity contribution is 5.81. The summed E-state index contributed by atoms with van der Waals surface area (Å²) in [7, 11) is 0. The fourth-order valence-corrected chi connectivity index (χ4v) is 2.92. The molecule has 1 aliphatic rings. The van der Waals surface area contributed by atoms with Crippen molar-refractivity contribution in [2.24, 2.45) is 15.2 Å². The molecule has 1 aliphatic heterocycles. The Morgan fingerprint density at radius 2 is 1.45 bits per heavy atom. The molecule has 0 saturated heterocycles. The second-order valence-corrected chi connectivity index (χ2v) is 6.42. The first kappa shape index (κ1) is 18.3. The molecule has 29 heavy (non-hydrogen) atoms. The van der Waals surface area contributed by atoms with Crippen molar-refractivity contribution in [1.29, 1.82) is 0 Å². The largest absolute Gasteiger partial charge is 0.334 e. The molecule has 0 atom stereocenters. The van der Waals surface area contributed by atoms with Crippen molar-refractivity contribution in [1.82, 2.24) is 0 Å². The molecule has 0 N–H and O–H groups in total. The minimum absolute atomic E-state index is 0.0693. The van der Waals surface area contributed by atoms with Crippen LogP contribution < -0.4 is 9.80 Å². The summed E-state index contributed by atoms with van der Waals surface area (Å²) in [6, 6.07) is 23.8. The van der Waals surface area contributed by atoms with Gasteiger partial charge < -0.3 is 9.80 Å². The van der Waals surface area contributed by atoms with Gasteiger partial charge >= 0.3 is 0 Å². The molecule has 1 heterocycles. The lowest BCUT2D eigenvalue weighted by Gasteiger charge is -2.33. The number of aliphatic imine (C=N–C) groups is 1. The van der Waals surface area contributed by atoms with Crippen LogP contribution in [0.15, 0.2) is 94.1 Å². The maximum Gasteiger partial charge on any atom is 0.269 e. The fourth-order valence-electron chi connectivity index (χ4n) is 2.92. The topological polar surface area (TPSA) is 86.7 Å². The zero-order valence-corrected chi connectivity index (χ0v) is 15.5. The fraction of sp³-hybridized carbons (Fsp3) is 0.0952. The standard InChI is InChI=1S/C21H18N6O2/c28-27(29)21-12-10-20(11-13-21)26-15-22-14-25(16-26)19-8-6-18(7-9-19)24-23-17-4-2-1-3-5-17/h1-13,15H,14,16H2. The highest BCUT2D eigenvalue weighted by Crippen LogP contribution is 2.25. The SMILES string of the molecule is O=[N+]([O-])c1ccc(N2C=NCN(c3ccc(N=Nc4ccccc4)cc3)C2)cc1. The number of anilines is 2. The quantitative estimate of drug-likeness (QED) is 0.339. The molecule has 0 amide bonds. The van der Waals surface area contributed by atoms with Crippen LogP contribution in [0, 0.1) is 10.1 Å². The van der Waals surface area contributed by atoms with E-state index in [1.807, 2.05) is 59.5 Å². The minimum atomic E-state index is -0.406. The van der Waals surface area contributed by atoms with Crippen molar-refractivity contribution < 1.29 is 4.92 Å². The van der Waals surface area contributed by atoms with E-state index in [2.05, 4.69) is 20.1 Å². The van der Waals surface area contributed by atoms with Gasteiger partial charge in [0.05, 0.1) is 29.3 Å². The van der Waals surface area contributed by atoms with Gasteiger partial charge in [-0.25, -0.2) is 0 Å². The van der Waals surface area contributed by atoms with E-state index in [9.17, 15) is 10.1 Å². The summed E-state index contributed by atoms with van der Waals surface area (Å²) < 4.78 is 0. The van der Waals surface area contributed by atoms with Gasteiger partial charge in [0.15, 0.2) is 0 Å². The van der Waals surface area contributed by atoms with Gasteiger partial charge in [-0.1, -0.05) is 18.2 Å². The highest BCUT2D eigenvalue weighted by Gasteiger charge is 2.16. The predicted octanol–water partition coefficient (Wildman–Crippen LogP) is 5.28. The van der Waals surface area contributed by atoms with E-state index in [1.165, 1.54) is 12.1 Å². The van der Waals surface area contributed by atoms with Gasteiger partial charge in [0.1, 0.15) is 6.67 Å². The number of nitrogens with zero attached hydrogens (tertiary/aromatic N) is 6. The van der Waals surface area contributed by atoms with E-state index >= 15 is 0 Å². The summed E-state index contributed by atoms with van der Waals surface area (Å²) in [4.78, 5) is 18.9. The molecule has 0 aromatic heterocycles. The number of nitro benzene ring substituents is 1. The molecule has 3 aromatic carbocycles. The molecular weight excluding hydrogens is 368 g/mol. The van der Waals surface area contributed by atoms with Gasteiger partial charge in [0, 0.05) is 23.5 Å². The van der Waals surface area contributed by atoms with Crippen molar-refractivity contribution in [3.63, 3.8) is 0 Å². The third kappa shape index (κ3) is 4.44. The zero-order chi connectivity index (χ0) is 20.1. The summed E-state index contributed by atoms with van der Waals surface area (Å²) in [5, 5.41) is 19.3. The molecule has 0 fully saturated rings. The first-order chi connectivity index (χ1) is 14.2. The highest BCUT2D eigenvalue weighted by atomic mass is 16.6. The van der Waals surface area contributed by atoms with Crippen LogP contribution >= 0.6 is 0 Å². The lowest BCUT2D eigenvalue weighted by Crippen LogP contribution is -2.41. The minimum Gasteiger partial charge on any atom is -0.334 e. The predicted molar refractivity (Wildman–Crippen MR) is 113 cm³/mol. The molecule has 0 saturated carbocycles. The van der Waals surface area contributed by atoms with Gasteiger partial charge in [0.2, 0.25) is 0 Å². The number of hydrogen-bond acceptors (Lipinski definition) is 7. The molecule has 8 heteroatoms. The number of benzene rings is 3. The normalized spacial score (nSPS) is 13.8. The van der Waals surface area contributed by atoms with Gasteiger partial charge in [-0.15, -0.1) is 0 Å². The van der Waals surface area contributed by atoms with Crippen LogP contribution in [0.4, 0.5) is 28.4 Å². The molecule has 0 spiro atoms. The summed E-state index contributed by atoms with van der Waals surface area (Å²) >= 11 is 0. The van der Waals surface area contributed by atoms with Gasteiger partial charge in [-0.3, -0.25) is 15.1 Å². The Morgan fingerprint density at radius 1 is 0.828 bits per heavy atom. The van der Waals surface area contributed by atoms with Crippen molar-refractivity contribution in [2.75, 3.05) is 23.1 Å². The molecule has 3 aromatic rings. The van der Waals surface area contributed by atoms with Crippen LogP contribution in [0.3, 0.4) is 0 Å². The van der Waals surface area contributed by atoms with Crippen LogP contribution in [0.2, 0.25) is 0 Å². The molecule has 0 unspecified atom stereocenters. The number of non-ortho nitro benzene ring substituents is 1. The van der Waals surface area contributed by atoms with Gasteiger partial charge in [-0.2, -0.15) is 10.2 Å². The van der Waals surface area contributed by atoms with E-state index in [4.69, 9.17) is 0 Å². The van der Waals surface area contributed by atoms with E-state index in [0.29, 0.717) is 13.3 Å². The monoisotopic (exact) mass is 386 g/mol. The Hall–Kier alpha value is -4.07. The average molecular weight is 386 g/mol. The van der Waals surface area contributed by atoms with Gasteiger partial charge in [0.25, 0.3) is 5.69 Å². The third-order valence-corrected chi connectivity index (χ3v) is 4.44. The van der Waals surface area contributed by atoms with E-state index in [-0.39, 0.29) is 5.69 Å². The van der Waals surface area contributed by atoms with Gasteiger partial charge in [-0.05, 0) is 48.5 Å². The zero-order valence-electron chi connectivity index (χ0n) is 15.5. The van der Waals surface area contributed by atoms with Crippen molar-refractivity contribution >= 4 is 34.8 Å². The van der Waals surface area contributed by atoms with Crippen LogP contribution in [0.1, 0.15) is 0 Å². The Kier molecular flexibility index (Phi) is 5.24. The molecule has 8 nitrogen and oxygen atoms in total. The van der Waals surface area contributed by atoms with Crippen LogP contribution in [0.5, 0.6) is 0 Å². The summed E-state index contributed by atoms with van der Waals surface area (Å²) in [5.74, 6) is 0. The van der Waals surface area contributed by atoms with Crippen LogP contribution in [0.25, 0.3) is 0 Å². The Balaban J connectivity index is 1.44. The summed E-state index contributed by atoms with van der Waals surface area (Å²) in [6.07, 6.45) is 1.75. The van der Waals surface area contributed by atoms with E-state index < -0.39 is 4.92 Å². The molecule has 4 rings (SSSR count). The first-order valence-corrected chi connectivity index (χ1v) is 9.02. The lowest BCUT2D eigenvalue weighted by molar-refractivity contribution is -0.384. The van der Waals surface area contributed by atoms with Crippen LogP contribution in [-0.2, 0) is 0 Å². The molecular formula is C21H18N6O2. The number of rotatable bonds is 5. The molecule has 144 valence electrons. The number of hydrogen-bond donors (Lipinski definition) is 0. The number of nitro groups is 1. The summed E-state index contributed by atoms with van der Waals surface area (Å²) in [5.41, 5.74) is 3.50. The third-order valence-electron chi connectivity index (χ3n) is 4.44. The average Bonchev–Trinajstić information content (AvgIpc) is 2.79. The lowest BCUT2D eigenvalue weighted by atomic mass is 10.2. The molecule has 0 bridgehead atoms. The smallest absolute Gasteiger partial charge is 0.269 e. The second kappa shape index (κ2) is 8.30. The Labute approximate surface area is 167 Å².